The maximum atomic E-state index is 9.31. The molecule has 1 atom stereocenters. The van der Waals surface area contributed by atoms with Gasteiger partial charge in [0.1, 0.15) is 6.04 Å². The van der Waals surface area contributed by atoms with Gasteiger partial charge in [0.05, 0.1) is 11.6 Å². The summed E-state index contributed by atoms with van der Waals surface area (Å²) in [7, 11) is 0. The number of pyridine rings is 1. The van der Waals surface area contributed by atoms with Gasteiger partial charge in [0, 0.05) is 39.6 Å². The van der Waals surface area contributed by atoms with Crippen molar-refractivity contribution in [3.8, 4) is 6.07 Å². The molecular formula is C13H11BrN6. The van der Waals surface area contributed by atoms with Crippen LogP contribution in [0.4, 0.5) is 0 Å². The molecule has 2 rings (SSSR count). The normalized spacial score (nSPS) is 11.6. The van der Waals surface area contributed by atoms with Crippen LogP contribution < -0.4 is 5.32 Å². The van der Waals surface area contributed by atoms with E-state index in [-0.39, 0.29) is 0 Å². The topological polar surface area (TPSA) is 97.5 Å². The molecule has 0 radical (unpaired) electrons. The average molecular weight is 331 g/mol. The number of hydrogen-bond donors (Lipinski definition) is 1. The summed E-state index contributed by atoms with van der Waals surface area (Å²) in [5.41, 5.74) is 9.82. The second-order valence-electron chi connectivity index (χ2n) is 4.01. The molecule has 0 aliphatic rings. The number of nitrogens with zero attached hydrogens (tertiary/aromatic N) is 5. The van der Waals surface area contributed by atoms with Crippen molar-refractivity contribution in [3.63, 3.8) is 0 Å². The summed E-state index contributed by atoms with van der Waals surface area (Å²) >= 11 is 3.48. The Kier molecular flexibility index (Phi) is 4.91. The Bertz CT molecular complexity index is 702. The minimum Gasteiger partial charge on any atom is -0.298 e. The number of nitriles is 1. The lowest BCUT2D eigenvalue weighted by molar-refractivity contribution is 0.637. The molecule has 0 saturated heterocycles. The number of hydrogen-bond acceptors (Lipinski definition) is 4. The first-order valence-corrected chi connectivity index (χ1v) is 6.74. The molecule has 2 aromatic rings. The molecule has 1 aromatic carbocycles. The highest BCUT2D eigenvalue weighted by molar-refractivity contribution is 9.10. The van der Waals surface area contributed by atoms with Gasteiger partial charge in [-0.2, -0.15) is 5.26 Å². The standard InChI is InChI=1S/C13H11BrN6/c14-11-4-3-10(13-9(11)2-1-5-18-13)12(8-15)17-6-7-19-20-16/h1-5,12,17H,6-7H2. The van der Waals surface area contributed by atoms with Gasteiger partial charge in [0.25, 0.3) is 0 Å². The van der Waals surface area contributed by atoms with Gasteiger partial charge in [-0.1, -0.05) is 33.2 Å². The molecule has 0 aliphatic carbocycles. The highest BCUT2D eigenvalue weighted by Crippen LogP contribution is 2.28. The molecule has 1 unspecified atom stereocenters. The third-order valence-electron chi connectivity index (χ3n) is 2.81. The Labute approximate surface area is 124 Å². The molecule has 0 amide bonds. The zero-order valence-corrected chi connectivity index (χ0v) is 12.1. The maximum absolute atomic E-state index is 9.31. The first-order chi connectivity index (χ1) is 9.77. The maximum Gasteiger partial charge on any atom is 0.123 e. The largest absolute Gasteiger partial charge is 0.298 e. The van der Waals surface area contributed by atoms with E-state index in [1.807, 2.05) is 24.3 Å². The molecule has 0 fully saturated rings. The van der Waals surface area contributed by atoms with Crippen LogP contribution in [0.25, 0.3) is 21.3 Å². The molecule has 7 heteroatoms. The van der Waals surface area contributed by atoms with Crippen molar-refractivity contribution < 1.29 is 0 Å². The van der Waals surface area contributed by atoms with Crippen LogP contribution in [0, 0.1) is 11.3 Å². The van der Waals surface area contributed by atoms with Gasteiger partial charge in [0.15, 0.2) is 0 Å². The van der Waals surface area contributed by atoms with Crippen molar-refractivity contribution in [3.05, 3.63) is 50.9 Å². The van der Waals surface area contributed by atoms with Crippen LogP contribution in [0.15, 0.2) is 40.0 Å². The Morgan fingerprint density at radius 2 is 2.35 bits per heavy atom. The summed E-state index contributed by atoms with van der Waals surface area (Å²) in [5.74, 6) is 0. The second-order valence-corrected chi connectivity index (χ2v) is 4.86. The molecule has 0 bridgehead atoms. The van der Waals surface area contributed by atoms with Crippen LogP contribution in [0.3, 0.4) is 0 Å². The molecular weight excluding hydrogens is 320 g/mol. The Morgan fingerprint density at radius 1 is 1.50 bits per heavy atom. The third kappa shape index (κ3) is 3.06. The molecule has 0 saturated carbocycles. The van der Waals surface area contributed by atoms with Gasteiger partial charge >= 0.3 is 0 Å². The van der Waals surface area contributed by atoms with E-state index in [1.54, 1.807) is 6.20 Å². The van der Waals surface area contributed by atoms with Crippen LogP contribution in [-0.2, 0) is 0 Å². The van der Waals surface area contributed by atoms with E-state index >= 15 is 0 Å². The third-order valence-corrected chi connectivity index (χ3v) is 3.50. The molecule has 6 nitrogen and oxygen atoms in total. The van der Waals surface area contributed by atoms with Crippen LogP contribution in [0.5, 0.6) is 0 Å². The summed E-state index contributed by atoms with van der Waals surface area (Å²) in [6, 6.07) is 9.29. The lowest BCUT2D eigenvalue weighted by atomic mass is 10.0. The van der Waals surface area contributed by atoms with Crippen molar-refractivity contribution in [2.75, 3.05) is 13.1 Å². The van der Waals surface area contributed by atoms with Crippen molar-refractivity contribution in [2.45, 2.75) is 6.04 Å². The van der Waals surface area contributed by atoms with Crippen LogP contribution in [-0.4, -0.2) is 18.1 Å². The van der Waals surface area contributed by atoms with E-state index in [2.05, 4.69) is 42.3 Å². The van der Waals surface area contributed by atoms with E-state index in [0.29, 0.717) is 13.1 Å². The van der Waals surface area contributed by atoms with Crippen molar-refractivity contribution in [1.29, 1.82) is 5.26 Å². The van der Waals surface area contributed by atoms with Gasteiger partial charge in [-0.3, -0.25) is 10.3 Å². The van der Waals surface area contributed by atoms with Crippen molar-refractivity contribution >= 4 is 26.8 Å². The number of aromatic nitrogens is 1. The first-order valence-electron chi connectivity index (χ1n) is 5.95. The van der Waals surface area contributed by atoms with E-state index in [9.17, 15) is 5.26 Å². The van der Waals surface area contributed by atoms with Gasteiger partial charge in [0.2, 0.25) is 0 Å². The van der Waals surface area contributed by atoms with Crippen LogP contribution in [0.2, 0.25) is 0 Å². The zero-order chi connectivity index (χ0) is 14.4. The molecule has 0 aliphatic heterocycles. The molecule has 1 heterocycles. The summed E-state index contributed by atoms with van der Waals surface area (Å²) in [6.45, 7) is 0.739. The van der Waals surface area contributed by atoms with Crippen molar-refractivity contribution in [1.82, 2.24) is 10.3 Å². The monoisotopic (exact) mass is 330 g/mol. The molecule has 1 aromatic heterocycles. The number of halogens is 1. The number of rotatable bonds is 5. The van der Waals surface area contributed by atoms with E-state index in [1.165, 1.54) is 0 Å². The SMILES string of the molecule is N#CC(NCCN=[N+]=[N-])c1ccc(Br)c2cccnc12. The Hall–Kier alpha value is -2.13. The first kappa shape index (κ1) is 14.3. The van der Waals surface area contributed by atoms with Gasteiger partial charge in [-0.25, -0.2) is 0 Å². The Morgan fingerprint density at radius 3 is 3.10 bits per heavy atom. The fourth-order valence-electron chi connectivity index (χ4n) is 1.92. The number of azide groups is 1. The summed E-state index contributed by atoms with van der Waals surface area (Å²) in [6.07, 6.45) is 1.70. The number of fused-ring (bicyclic) bond motifs is 1. The minimum atomic E-state index is -0.491. The smallest absolute Gasteiger partial charge is 0.123 e. The van der Waals surface area contributed by atoms with Crippen molar-refractivity contribution in [2.24, 2.45) is 5.11 Å². The fraction of sp³-hybridized carbons (Fsp3) is 0.231. The number of benzene rings is 1. The summed E-state index contributed by atoms with van der Waals surface area (Å²) < 4.78 is 0.940. The van der Waals surface area contributed by atoms with E-state index < -0.39 is 6.04 Å². The molecule has 20 heavy (non-hydrogen) atoms. The predicted octanol–water partition coefficient (Wildman–Crippen LogP) is 3.46. The van der Waals surface area contributed by atoms with Gasteiger partial charge < -0.3 is 0 Å². The van der Waals surface area contributed by atoms with E-state index in [0.717, 1.165) is 20.9 Å². The minimum absolute atomic E-state index is 0.302. The lowest BCUT2D eigenvalue weighted by Gasteiger charge is -2.13. The molecule has 0 spiro atoms. The van der Waals surface area contributed by atoms with E-state index in [4.69, 9.17) is 5.53 Å². The quantitative estimate of drug-likeness (QED) is 0.393. The Balaban J connectivity index is 2.33. The van der Waals surface area contributed by atoms with Gasteiger partial charge in [-0.05, 0) is 17.7 Å². The lowest BCUT2D eigenvalue weighted by Crippen LogP contribution is -2.23. The summed E-state index contributed by atoms with van der Waals surface area (Å²) in [5, 5.41) is 16.8. The fourth-order valence-corrected chi connectivity index (χ4v) is 2.37. The van der Waals surface area contributed by atoms with Crippen LogP contribution >= 0.6 is 15.9 Å². The highest BCUT2D eigenvalue weighted by atomic mass is 79.9. The number of nitrogens with one attached hydrogen (secondary N) is 1. The predicted molar refractivity (Wildman–Crippen MR) is 79.8 cm³/mol. The molecule has 100 valence electrons. The van der Waals surface area contributed by atoms with Crippen LogP contribution in [0.1, 0.15) is 11.6 Å². The highest BCUT2D eigenvalue weighted by Gasteiger charge is 2.14. The average Bonchev–Trinajstić information content (AvgIpc) is 2.49. The second kappa shape index (κ2) is 6.87. The zero-order valence-electron chi connectivity index (χ0n) is 10.5. The summed E-state index contributed by atoms with van der Waals surface area (Å²) in [4.78, 5) is 7.03. The van der Waals surface area contributed by atoms with Gasteiger partial charge in [-0.15, -0.1) is 0 Å². The molecule has 1 N–H and O–H groups in total.